The Labute approximate surface area is 128 Å². The van der Waals surface area contributed by atoms with Gasteiger partial charge in [0.05, 0.1) is 13.2 Å². The SMILES string of the molecule is COC(=O)c1cc(COc2cccc(C(C)O)c2)c(C)s1. The molecule has 1 atom stereocenters. The molecule has 1 unspecified atom stereocenters. The van der Waals surface area contributed by atoms with E-state index < -0.39 is 6.10 Å². The molecule has 0 aliphatic heterocycles. The second kappa shape index (κ2) is 6.74. The van der Waals surface area contributed by atoms with Crippen LogP contribution in [0.5, 0.6) is 5.75 Å². The van der Waals surface area contributed by atoms with E-state index in [-0.39, 0.29) is 5.97 Å². The van der Waals surface area contributed by atoms with Crippen LogP contribution in [0.25, 0.3) is 0 Å². The highest BCUT2D eigenvalue weighted by atomic mass is 32.1. The molecule has 1 N–H and O–H groups in total. The number of hydrogen-bond donors (Lipinski definition) is 1. The van der Waals surface area contributed by atoms with Crippen LogP contribution in [0.2, 0.25) is 0 Å². The average molecular weight is 306 g/mol. The third kappa shape index (κ3) is 3.83. The fourth-order valence-electron chi connectivity index (χ4n) is 1.89. The van der Waals surface area contributed by atoms with Crippen LogP contribution in [0.15, 0.2) is 30.3 Å². The minimum absolute atomic E-state index is 0.328. The molecule has 4 nitrogen and oxygen atoms in total. The van der Waals surface area contributed by atoms with Crippen molar-refractivity contribution in [3.8, 4) is 5.75 Å². The molecular formula is C16H18O4S. The molecule has 2 aromatic rings. The van der Waals surface area contributed by atoms with Crippen LogP contribution in [0.3, 0.4) is 0 Å². The van der Waals surface area contributed by atoms with Crippen LogP contribution in [0.1, 0.15) is 38.7 Å². The maximum atomic E-state index is 11.5. The Morgan fingerprint density at radius 2 is 2.14 bits per heavy atom. The lowest BCUT2D eigenvalue weighted by atomic mass is 10.1. The second-order valence-corrected chi connectivity index (χ2v) is 5.98. The highest BCUT2D eigenvalue weighted by molar-refractivity contribution is 7.14. The highest BCUT2D eigenvalue weighted by Gasteiger charge is 2.13. The van der Waals surface area contributed by atoms with E-state index in [1.54, 1.807) is 13.0 Å². The van der Waals surface area contributed by atoms with E-state index in [0.717, 1.165) is 16.0 Å². The predicted molar refractivity (Wildman–Crippen MR) is 81.8 cm³/mol. The number of ether oxygens (including phenoxy) is 2. The van der Waals surface area contributed by atoms with Gasteiger partial charge in [-0.25, -0.2) is 4.79 Å². The van der Waals surface area contributed by atoms with Gasteiger partial charge in [0.2, 0.25) is 0 Å². The number of aryl methyl sites for hydroxylation is 1. The van der Waals surface area contributed by atoms with E-state index in [2.05, 4.69) is 0 Å². The summed E-state index contributed by atoms with van der Waals surface area (Å²) >= 11 is 1.40. The standard InChI is InChI=1S/C16H18O4S/c1-10(17)12-5-4-6-14(7-12)20-9-13-8-15(16(18)19-3)21-11(13)2/h4-8,10,17H,9H2,1-3H3. The first-order valence-corrected chi connectivity index (χ1v) is 7.41. The van der Waals surface area contributed by atoms with Crippen molar-refractivity contribution in [2.75, 3.05) is 7.11 Å². The number of rotatable bonds is 5. The molecule has 2 rings (SSSR count). The number of esters is 1. The Hall–Kier alpha value is -1.85. The first kappa shape index (κ1) is 15.5. The molecule has 0 fully saturated rings. The Bertz CT molecular complexity index is 631. The second-order valence-electron chi connectivity index (χ2n) is 4.72. The van der Waals surface area contributed by atoms with E-state index >= 15 is 0 Å². The number of hydrogen-bond acceptors (Lipinski definition) is 5. The molecule has 1 aromatic heterocycles. The molecule has 0 spiro atoms. The molecule has 0 saturated heterocycles. The zero-order valence-corrected chi connectivity index (χ0v) is 13.1. The van der Waals surface area contributed by atoms with Crippen molar-refractivity contribution in [2.45, 2.75) is 26.6 Å². The number of carbonyl (C=O) groups excluding carboxylic acids is 1. The molecule has 21 heavy (non-hydrogen) atoms. The summed E-state index contributed by atoms with van der Waals surface area (Å²) < 4.78 is 10.4. The molecule has 0 amide bonds. The van der Waals surface area contributed by atoms with Gasteiger partial charge in [0.25, 0.3) is 0 Å². The number of methoxy groups -OCH3 is 1. The molecular weight excluding hydrogens is 288 g/mol. The van der Waals surface area contributed by atoms with Gasteiger partial charge in [-0.3, -0.25) is 0 Å². The van der Waals surface area contributed by atoms with Gasteiger partial charge in [-0.15, -0.1) is 11.3 Å². The van der Waals surface area contributed by atoms with Gasteiger partial charge in [0, 0.05) is 10.4 Å². The number of aliphatic hydroxyl groups excluding tert-OH is 1. The third-order valence-corrected chi connectivity index (χ3v) is 4.21. The average Bonchev–Trinajstić information content (AvgIpc) is 2.85. The highest BCUT2D eigenvalue weighted by Crippen LogP contribution is 2.25. The zero-order valence-electron chi connectivity index (χ0n) is 12.3. The summed E-state index contributed by atoms with van der Waals surface area (Å²) in [7, 11) is 1.37. The molecule has 0 aliphatic rings. The van der Waals surface area contributed by atoms with Crippen molar-refractivity contribution >= 4 is 17.3 Å². The summed E-state index contributed by atoms with van der Waals surface area (Å²) in [6.07, 6.45) is -0.526. The molecule has 5 heteroatoms. The fourth-order valence-corrected chi connectivity index (χ4v) is 2.84. The summed E-state index contributed by atoms with van der Waals surface area (Å²) in [5.41, 5.74) is 1.77. The number of benzene rings is 1. The first-order valence-electron chi connectivity index (χ1n) is 6.59. The smallest absolute Gasteiger partial charge is 0.348 e. The molecule has 0 saturated carbocycles. The van der Waals surface area contributed by atoms with Crippen LogP contribution in [0.4, 0.5) is 0 Å². The van der Waals surface area contributed by atoms with Crippen LogP contribution < -0.4 is 4.74 Å². The summed E-state index contributed by atoms with van der Waals surface area (Å²) in [5, 5.41) is 9.56. The summed E-state index contributed by atoms with van der Waals surface area (Å²) in [6.45, 7) is 4.04. The van der Waals surface area contributed by atoms with Crippen LogP contribution >= 0.6 is 11.3 Å². The molecule has 1 heterocycles. The van der Waals surface area contributed by atoms with Crippen LogP contribution in [0, 0.1) is 6.92 Å². The Morgan fingerprint density at radius 1 is 1.38 bits per heavy atom. The molecule has 0 bridgehead atoms. The monoisotopic (exact) mass is 306 g/mol. The number of thiophene rings is 1. The van der Waals surface area contributed by atoms with E-state index in [1.165, 1.54) is 18.4 Å². The first-order chi connectivity index (χ1) is 10.0. The van der Waals surface area contributed by atoms with Gasteiger partial charge in [0.15, 0.2) is 0 Å². The van der Waals surface area contributed by atoms with Gasteiger partial charge in [0.1, 0.15) is 17.2 Å². The lowest BCUT2D eigenvalue weighted by molar-refractivity contribution is 0.0606. The number of carbonyl (C=O) groups is 1. The summed E-state index contributed by atoms with van der Waals surface area (Å²) in [6, 6.07) is 9.15. The normalized spacial score (nSPS) is 12.0. The van der Waals surface area contributed by atoms with Crippen molar-refractivity contribution in [1.82, 2.24) is 0 Å². The largest absolute Gasteiger partial charge is 0.489 e. The van der Waals surface area contributed by atoms with Crippen molar-refractivity contribution in [2.24, 2.45) is 0 Å². The molecule has 112 valence electrons. The van der Waals surface area contributed by atoms with E-state index in [9.17, 15) is 9.90 Å². The minimum Gasteiger partial charge on any atom is -0.489 e. The van der Waals surface area contributed by atoms with Crippen LogP contribution in [-0.2, 0) is 11.3 Å². The van der Waals surface area contributed by atoms with Gasteiger partial charge in [-0.05, 0) is 37.6 Å². The molecule has 0 radical (unpaired) electrons. The molecule has 1 aromatic carbocycles. The summed E-state index contributed by atoms with van der Waals surface area (Å²) in [4.78, 5) is 13.1. The van der Waals surface area contributed by atoms with Crippen LogP contribution in [-0.4, -0.2) is 18.2 Å². The van der Waals surface area contributed by atoms with Crippen molar-refractivity contribution in [3.63, 3.8) is 0 Å². The van der Waals surface area contributed by atoms with Gasteiger partial charge < -0.3 is 14.6 Å². The zero-order chi connectivity index (χ0) is 15.4. The number of aliphatic hydroxyl groups is 1. The minimum atomic E-state index is -0.526. The van der Waals surface area contributed by atoms with E-state index in [0.29, 0.717) is 17.2 Å². The van der Waals surface area contributed by atoms with Gasteiger partial charge in [-0.1, -0.05) is 12.1 Å². The van der Waals surface area contributed by atoms with Crippen molar-refractivity contribution < 1.29 is 19.4 Å². The quantitative estimate of drug-likeness (QED) is 0.859. The van der Waals surface area contributed by atoms with Crippen molar-refractivity contribution in [1.29, 1.82) is 0 Å². The van der Waals surface area contributed by atoms with E-state index in [4.69, 9.17) is 9.47 Å². The maximum absolute atomic E-state index is 11.5. The Balaban J connectivity index is 2.08. The molecule has 0 aliphatic carbocycles. The lowest BCUT2D eigenvalue weighted by Crippen LogP contribution is -1.99. The topological polar surface area (TPSA) is 55.8 Å². The lowest BCUT2D eigenvalue weighted by Gasteiger charge is -2.09. The van der Waals surface area contributed by atoms with Crippen molar-refractivity contribution in [3.05, 3.63) is 51.2 Å². The Kier molecular flexibility index (Phi) is 4.98. The summed E-state index contributed by atoms with van der Waals surface area (Å²) in [5.74, 6) is 0.365. The fraction of sp³-hybridized carbons (Fsp3) is 0.312. The maximum Gasteiger partial charge on any atom is 0.348 e. The van der Waals surface area contributed by atoms with Gasteiger partial charge in [-0.2, -0.15) is 0 Å². The van der Waals surface area contributed by atoms with Gasteiger partial charge >= 0.3 is 5.97 Å². The third-order valence-electron chi connectivity index (χ3n) is 3.14. The van der Waals surface area contributed by atoms with E-state index in [1.807, 2.05) is 31.2 Å². The predicted octanol–water partition coefficient (Wildman–Crippen LogP) is 3.48. The Morgan fingerprint density at radius 3 is 2.81 bits per heavy atom.